The number of Topliss-reactive ketones (excluding diaryl/α,β-unsaturated/α-hetero) is 1. The molecule has 19 heavy (non-hydrogen) atoms. The summed E-state index contributed by atoms with van der Waals surface area (Å²) in [6, 6.07) is 6.50. The monoisotopic (exact) mass is 263 g/mol. The highest BCUT2D eigenvalue weighted by Crippen LogP contribution is 2.23. The first-order valence-corrected chi connectivity index (χ1v) is 6.38. The predicted octanol–water partition coefficient (Wildman–Crippen LogP) is 0.909. The lowest BCUT2D eigenvalue weighted by Crippen LogP contribution is -2.40. The highest BCUT2D eigenvalue weighted by Gasteiger charge is 2.27. The number of hydrogen-bond acceptors (Lipinski definition) is 4. The molecule has 0 saturated carbocycles. The van der Waals surface area contributed by atoms with Gasteiger partial charge in [-0.1, -0.05) is 12.1 Å². The zero-order chi connectivity index (χ0) is 13.7. The molecular weight excluding hydrogens is 246 g/mol. The molecule has 1 aromatic rings. The number of aliphatic hydroxyl groups excluding tert-OH is 1. The first-order valence-electron chi connectivity index (χ1n) is 6.38. The van der Waals surface area contributed by atoms with Crippen LogP contribution in [0.2, 0.25) is 0 Å². The Morgan fingerprint density at radius 3 is 3.00 bits per heavy atom. The minimum absolute atomic E-state index is 0.0298. The molecule has 0 aliphatic carbocycles. The number of benzene rings is 1. The fourth-order valence-electron chi connectivity index (χ4n) is 2.05. The van der Waals surface area contributed by atoms with E-state index in [4.69, 9.17) is 9.84 Å². The van der Waals surface area contributed by atoms with Crippen LogP contribution in [0.1, 0.15) is 29.6 Å². The van der Waals surface area contributed by atoms with Crippen molar-refractivity contribution in [1.29, 1.82) is 0 Å². The third kappa shape index (κ3) is 3.32. The fourth-order valence-corrected chi connectivity index (χ4v) is 2.05. The van der Waals surface area contributed by atoms with Crippen LogP contribution in [0.5, 0.6) is 5.75 Å². The molecule has 0 radical (unpaired) electrons. The SMILES string of the molecule is O=C(CCCO)NC1CCOc2ccccc2C1=O. The fraction of sp³-hybridized carbons (Fsp3) is 0.429. The van der Waals surface area contributed by atoms with Crippen molar-refractivity contribution in [3.8, 4) is 5.75 Å². The lowest BCUT2D eigenvalue weighted by molar-refractivity contribution is -0.121. The molecule has 1 amide bonds. The van der Waals surface area contributed by atoms with Gasteiger partial charge in [-0.3, -0.25) is 9.59 Å². The Labute approximate surface area is 111 Å². The summed E-state index contributed by atoms with van der Waals surface area (Å²) in [5.74, 6) is 0.233. The molecule has 5 heteroatoms. The maximum Gasteiger partial charge on any atom is 0.220 e. The van der Waals surface area contributed by atoms with E-state index in [-0.39, 0.29) is 24.7 Å². The summed E-state index contributed by atoms with van der Waals surface area (Å²) in [6.07, 6.45) is 1.08. The predicted molar refractivity (Wildman–Crippen MR) is 69.1 cm³/mol. The number of amides is 1. The molecule has 1 atom stereocenters. The summed E-state index contributed by atoms with van der Waals surface area (Å²) in [7, 11) is 0. The van der Waals surface area contributed by atoms with Gasteiger partial charge < -0.3 is 15.2 Å². The Morgan fingerprint density at radius 2 is 2.21 bits per heavy atom. The van der Waals surface area contributed by atoms with Crippen LogP contribution in [0.3, 0.4) is 0 Å². The molecule has 1 aliphatic rings. The molecule has 1 heterocycles. The van der Waals surface area contributed by atoms with E-state index in [2.05, 4.69) is 5.32 Å². The van der Waals surface area contributed by atoms with Crippen LogP contribution in [0, 0.1) is 0 Å². The normalized spacial score (nSPS) is 18.2. The quantitative estimate of drug-likeness (QED) is 0.846. The van der Waals surface area contributed by atoms with E-state index in [1.54, 1.807) is 18.2 Å². The van der Waals surface area contributed by atoms with Gasteiger partial charge >= 0.3 is 0 Å². The Hall–Kier alpha value is -1.88. The first kappa shape index (κ1) is 13.5. The van der Waals surface area contributed by atoms with E-state index >= 15 is 0 Å². The average Bonchev–Trinajstić information content (AvgIpc) is 2.58. The van der Waals surface area contributed by atoms with Gasteiger partial charge in [0.05, 0.1) is 18.2 Å². The molecule has 102 valence electrons. The van der Waals surface area contributed by atoms with Crippen LogP contribution in [0.25, 0.3) is 0 Å². The minimum atomic E-state index is -0.546. The van der Waals surface area contributed by atoms with E-state index in [1.807, 2.05) is 6.07 Å². The second kappa shape index (κ2) is 6.33. The van der Waals surface area contributed by atoms with E-state index < -0.39 is 6.04 Å². The molecule has 2 rings (SSSR count). The van der Waals surface area contributed by atoms with Crippen LogP contribution < -0.4 is 10.1 Å². The number of ketones is 1. The largest absolute Gasteiger partial charge is 0.493 e. The van der Waals surface area contributed by atoms with Gasteiger partial charge in [-0.05, 0) is 18.6 Å². The average molecular weight is 263 g/mol. The van der Waals surface area contributed by atoms with Gasteiger partial charge in [-0.15, -0.1) is 0 Å². The third-order valence-electron chi connectivity index (χ3n) is 3.03. The second-order valence-electron chi connectivity index (χ2n) is 4.44. The number of nitrogens with one attached hydrogen (secondary N) is 1. The van der Waals surface area contributed by atoms with Gasteiger partial charge in [0.2, 0.25) is 5.91 Å². The summed E-state index contributed by atoms with van der Waals surface area (Å²) in [5.41, 5.74) is 0.507. The van der Waals surface area contributed by atoms with E-state index in [0.717, 1.165) is 0 Å². The van der Waals surface area contributed by atoms with Gasteiger partial charge in [0.15, 0.2) is 5.78 Å². The number of ether oxygens (including phenoxy) is 1. The molecule has 0 fully saturated rings. The van der Waals surface area contributed by atoms with Crippen molar-refractivity contribution >= 4 is 11.7 Å². The number of carbonyl (C=O) groups is 2. The smallest absolute Gasteiger partial charge is 0.220 e. The van der Waals surface area contributed by atoms with Crippen molar-refractivity contribution in [2.24, 2.45) is 0 Å². The van der Waals surface area contributed by atoms with Crippen molar-refractivity contribution in [2.45, 2.75) is 25.3 Å². The number of hydrogen-bond donors (Lipinski definition) is 2. The molecule has 0 saturated heterocycles. The van der Waals surface area contributed by atoms with Crippen molar-refractivity contribution in [1.82, 2.24) is 5.32 Å². The van der Waals surface area contributed by atoms with Crippen LogP contribution >= 0.6 is 0 Å². The standard InChI is InChI=1S/C14H17NO4/c16-8-3-6-13(17)15-11-7-9-19-12-5-2-1-4-10(12)14(11)18/h1-2,4-5,11,16H,3,6-9H2,(H,15,17). The van der Waals surface area contributed by atoms with E-state index in [9.17, 15) is 9.59 Å². The number of carbonyl (C=O) groups excluding carboxylic acids is 2. The topological polar surface area (TPSA) is 75.6 Å². The molecule has 0 aromatic heterocycles. The third-order valence-corrected chi connectivity index (χ3v) is 3.03. The second-order valence-corrected chi connectivity index (χ2v) is 4.44. The molecule has 0 spiro atoms. The maximum absolute atomic E-state index is 12.3. The zero-order valence-electron chi connectivity index (χ0n) is 10.6. The van der Waals surface area contributed by atoms with Gasteiger partial charge in [0.1, 0.15) is 5.75 Å². The molecule has 1 aliphatic heterocycles. The maximum atomic E-state index is 12.3. The Morgan fingerprint density at radius 1 is 1.42 bits per heavy atom. The van der Waals surface area contributed by atoms with Crippen LogP contribution in [0.15, 0.2) is 24.3 Å². The first-order chi connectivity index (χ1) is 9.22. The molecule has 5 nitrogen and oxygen atoms in total. The molecule has 1 aromatic carbocycles. The van der Waals surface area contributed by atoms with Crippen molar-refractivity contribution in [2.75, 3.05) is 13.2 Å². The lowest BCUT2D eigenvalue weighted by Gasteiger charge is -2.14. The van der Waals surface area contributed by atoms with E-state index in [0.29, 0.717) is 30.8 Å². The van der Waals surface area contributed by atoms with Crippen LogP contribution in [-0.2, 0) is 4.79 Å². The molecule has 1 unspecified atom stereocenters. The summed E-state index contributed by atoms with van der Waals surface area (Å²) in [4.78, 5) is 23.9. The van der Waals surface area contributed by atoms with Gasteiger partial charge in [-0.2, -0.15) is 0 Å². The summed E-state index contributed by atoms with van der Waals surface area (Å²) < 4.78 is 5.50. The lowest BCUT2D eigenvalue weighted by atomic mass is 10.0. The van der Waals surface area contributed by atoms with E-state index in [1.165, 1.54) is 0 Å². The minimum Gasteiger partial charge on any atom is -0.493 e. The number of para-hydroxylation sites is 1. The molecule has 0 bridgehead atoms. The summed E-state index contributed by atoms with van der Waals surface area (Å²) >= 11 is 0. The number of fused-ring (bicyclic) bond motifs is 1. The number of aliphatic hydroxyl groups is 1. The van der Waals surface area contributed by atoms with Crippen molar-refractivity contribution in [3.05, 3.63) is 29.8 Å². The highest BCUT2D eigenvalue weighted by atomic mass is 16.5. The zero-order valence-corrected chi connectivity index (χ0v) is 10.6. The van der Waals surface area contributed by atoms with Gasteiger partial charge in [-0.25, -0.2) is 0 Å². The van der Waals surface area contributed by atoms with Gasteiger partial charge in [0.25, 0.3) is 0 Å². The number of rotatable bonds is 4. The van der Waals surface area contributed by atoms with Crippen molar-refractivity contribution in [3.63, 3.8) is 0 Å². The molecule has 2 N–H and O–H groups in total. The highest BCUT2D eigenvalue weighted by molar-refractivity contribution is 6.04. The van der Waals surface area contributed by atoms with Gasteiger partial charge in [0, 0.05) is 19.4 Å². The van der Waals surface area contributed by atoms with Crippen LogP contribution in [-0.4, -0.2) is 36.1 Å². The van der Waals surface area contributed by atoms with Crippen molar-refractivity contribution < 1.29 is 19.4 Å². The summed E-state index contributed by atoms with van der Waals surface area (Å²) in [5, 5.41) is 11.4. The Balaban J connectivity index is 2.07. The summed E-state index contributed by atoms with van der Waals surface area (Å²) in [6.45, 7) is 0.367. The van der Waals surface area contributed by atoms with Crippen LogP contribution in [0.4, 0.5) is 0 Å². The Kier molecular flexibility index (Phi) is 4.52. The Bertz CT molecular complexity index is 472. The molecular formula is C14H17NO4.